The Bertz CT molecular complexity index is 464. The van der Waals surface area contributed by atoms with Gasteiger partial charge in [0.2, 0.25) is 0 Å². The smallest absolute Gasteiger partial charge is 0.270 e. The fraction of sp³-hybridized carbons (Fsp3) is 0.111. The maximum Gasteiger partial charge on any atom is 0.270 e. The molecule has 1 aliphatic carbocycles. The molecule has 14 heavy (non-hydrogen) atoms. The Hall–Kier alpha value is -2.04. The second kappa shape index (κ2) is 2.73. The molecule has 1 aromatic carbocycles. The highest BCUT2D eigenvalue weighted by atomic mass is 16.6. The first-order chi connectivity index (χ1) is 6.59. The van der Waals surface area contributed by atoms with Crippen molar-refractivity contribution in [1.82, 2.24) is 0 Å². The van der Waals surface area contributed by atoms with Crippen LogP contribution in [-0.4, -0.2) is 16.5 Å². The van der Waals surface area contributed by atoms with Gasteiger partial charge in [-0.25, -0.2) is 0 Å². The van der Waals surface area contributed by atoms with Gasteiger partial charge in [0, 0.05) is 23.3 Å². The summed E-state index contributed by atoms with van der Waals surface area (Å²) in [6, 6.07) is 3.72. The van der Waals surface area contributed by atoms with Crippen molar-refractivity contribution < 1.29 is 14.5 Å². The Morgan fingerprint density at radius 3 is 2.43 bits per heavy atom. The number of nitro benzene ring substituents is 1. The van der Waals surface area contributed by atoms with E-state index in [1.165, 1.54) is 12.1 Å². The van der Waals surface area contributed by atoms with Crippen molar-refractivity contribution in [1.29, 1.82) is 0 Å². The van der Waals surface area contributed by atoms with Gasteiger partial charge in [-0.3, -0.25) is 19.7 Å². The average Bonchev–Trinajstić information content (AvgIpc) is 2.42. The van der Waals surface area contributed by atoms with Gasteiger partial charge in [-0.05, 0) is 6.07 Å². The number of rotatable bonds is 1. The van der Waals surface area contributed by atoms with Crippen LogP contribution < -0.4 is 0 Å². The van der Waals surface area contributed by atoms with Crippen molar-refractivity contribution in [3.63, 3.8) is 0 Å². The lowest BCUT2D eigenvalue weighted by molar-refractivity contribution is -0.384. The summed E-state index contributed by atoms with van der Waals surface area (Å²) in [5, 5.41) is 10.4. The van der Waals surface area contributed by atoms with Crippen molar-refractivity contribution >= 4 is 17.3 Å². The summed E-state index contributed by atoms with van der Waals surface area (Å²) in [4.78, 5) is 32.2. The van der Waals surface area contributed by atoms with Crippen molar-refractivity contribution in [3.8, 4) is 0 Å². The highest BCUT2D eigenvalue weighted by molar-refractivity contribution is 6.24. The van der Waals surface area contributed by atoms with Crippen LogP contribution in [0.25, 0.3) is 0 Å². The lowest BCUT2D eigenvalue weighted by Crippen LogP contribution is -1.94. The SMILES string of the molecule is O=C1CC(=O)c2cc([N+](=O)[O-])ccc21. The largest absolute Gasteiger partial charge is 0.294 e. The summed E-state index contributed by atoms with van der Waals surface area (Å²) >= 11 is 0. The number of benzene rings is 1. The summed E-state index contributed by atoms with van der Waals surface area (Å²) < 4.78 is 0. The molecule has 0 amide bonds. The van der Waals surface area contributed by atoms with Crippen LogP contribution in [0.15, 0.2) is 18.2 Å². The molecule has 0 radical (unpaired) electrons. The van der Waals surface area contributed by atoms with Crippen LogP contribution in [-0.2, 0) is 0 Å². The molecule has 1 aromatic rings. The molecule has 0 aliphatic heterocycles. The highest BCUT2D eigenvalue weighted by Gasteiger charge is 2.28. The predicted octanol–water partition coefficient (Wildman–Crippen LogP) is 1.36. The van der Waals surface area contributed by atoms with E-state index in [9.17, 15) is 19.7 Å². The van der Waals surface area contributed by atoms with Gasteiger partial charge in [-0.2, -0.15) is 0 Å². The molecule has 0 N–H and O–H groups in total. The lowest BCUT2D eigenvalue weighted by Gasteiger charge is -1.95. The third-order valence-corrected chi connectivity index (χ3v) is 2.14. The van der Waals surface area contributed by atoms with Gasteiger partial charge in [0.15, 0.2) is 11.6 Å². The second-order valence-corrected chi connectivity index (χ2v) is 3.01. The van der Waals surface area contributed by atoms with E-state index in [1.54, 1.807) is 0 Å². The van der Waals surface area contributed by atoms with E-state index < -0.39 is 4.92 Å². The third-order valence-electron chi connectivity index (χ3n) is 2.14. The van der Waals surface area contributed by atoms with Crippen LogP contribution in [0, 0.1) is 10.1 Å². The summed E-state index contributed by atoms with van der Waals surface area (Å²) in [7, 11) is 0. The molecule has 0 saturated heterocycles. The molecule has 0 aromatic heterocycles. The highest BCUT2D eigenvalue weighted by Crippen LogP contribution is 2.25. The van der Waals surface area contributed by atoms with E-state index in [2.05, 4.69) is 0 Å². The van der Waals surface area contributed by atoms with Gasteiger partial charge in [0.05, 0.1) is 11.3 Å². The minimum absolute atomic E-state index is 0.160. The van der Waals surface area contributed by atoms with Crippen LogP contribution in [0.4, 0.5) is 5.69 Å². The van der Waals surface area contributed by atoms with Gasteiger partial charge >= 0.3 is 0 Å². The van der Waals surface area contributed by atoms with Gasteiger partial charge < -0.3 is 0 Å². The van der Waals surface area contributed by atoms with E-state index in [4.69, 9.17) is 0 Å². The van der Waals surface area contributed by atoms with Crippen LogP contribution in [0.1, 0.15) is 27.1 Å². The number of nitrogens with zero attached hydrogens (tertiary/aromatic N) is 1. The predicted molar refractivity (Wildman–Crippen MR) is 46.4 cm³/mol. The summed E-state index contributed by atoms with van der Waals surface area (Å²) in [6.07, 6.45) is -0.170. The molecular weight excluding hydrogens is 186 g/mol. The minimum atomic E-state index is -0.587. The molecule has 5 nitrogen and oxygen atoms in total. The van der Waals surface area contributed by atoms with Crippen molar-refractivity contribution in [2.75, 3.05) is 0 Å². The van der Waals surface area contributed by atoms with Crippen LogP contribution in [0.2, 0.25) is 0 Å². The zero-order valence-electron chi connectivity index (χ0n) is 7.02. The molecule has 0 bridgehead atoms. The molecule has 0 heterocycles. The monoisotopic (exact) mass is 191 g/mol. The fourth-order valence-electron chi connectivity index (χ4n) is 1.46. The number of hydrogen-bond donors (Lipinski definition) is 0. The van der Waals surface area contributed by atoms with Crippen LogP contribution >= 0.6 is 0 Å². The van der Waals surface area contributed by atoms with Crippen molar-refractivity contribution in [2.24, 2.45) is 0 Å². The van der Waals surface area contributed by atoms with E-state index in [0.717, 1.165) is 6.07 Å². The molecular formula is C9H5NO4. The lowest BCUT2D eigenvalue weighted by atomic mass is 10.1. The van der Waals surface area contributed by atoms with Gasteiger partial charge in [-0.1, -0.05) is 0 Å². The van der Waals surface area contributed by atoms with Crippen LogP contribution in [0.3, 0.4) is 0 Å². The standard InChI is InChI=1S/C9H5NO4/c11-8-4-9(12)7-3-5(10(13)14)1-2-6(7)8/h1-3H,4H2. The van der Waals surface area contributed by atoms with E-state index >= 15 is 0 Å². The van der Waals surface area contributed by atoms with E-state index in [1.807, 2.05) is 0 Å². The van der Waals surface area contributed by atoms with E-state index in [0.29, 0.717) is 5.56 Å². The first-order valence-electron chi connectivity index (χ1n) is 3.94. The van der Waals surface area contributed by atoms with Gasteiger partial charge in [0.1, 0.15) is 0 Å². The number of hydrogen-bond acceptors (Lipinski definition) is 4. The van der Waals surface area contributed by atoms with E-state index in [-0.39, 0.29) is 29.2 Å². The first-order valence-corrected chi connectivity index (χ1v) is 3.94. The molecule has 0 fully saturated rings. The molecule has 0 atom stereocenters. The molecule has 5 heteroatoms. The molecule has 0 spiro atoms. The number of carbonyl (C=O) groups excluding carboxylic acids is 2. The Morgan fingerprint density at radius 2 is 1.79 bits per heavy atom. The number of Topliss-reactive ketones (excluding diaryl/α,β-unsaturated/α-hetero) is 2. The molecule has 0 saturated carbocycles. The summed E-state index contributed by atoms with van der Waals surface area (Å²) in [5.74, 6) is -0.603. The summed E-state index contributed by atoms with van der Waals surface area (Å²) in [5.41, 5.74) is 0.302. The second-order valence-electron chi connectivity index (χ2n) is 3.01. The first kappa shape index (κ1) is 8.55. The topological polar surface area (TPSA) is 77.3 Å². The maximum absolute atomic E-state index is 11.2. The molecule has 2 rings (SSSR count). The quantitative estimate of drug-likeness (QED) is 0.381. The Morgan fingerprint density at radius 1 is 1.14 bits per heavy atom. The normalized spacial score (nSPS) is 14.3. The van der Waals surface area contributed by atoms with Crippen molar-refractivity contribution in [3.05, 3.63) is 39.4 Å². The van der Waals surface area contributed by atoms with Crippen LogP contribution in [0.5, 0.6) is 0 Å². The van der Waals surface area contributed by atoms with Gasteiger partial charge in [0.25, 0.3) is 5.69 Å². The maximum atomic E-state index is 11.2. The zero-order chi connectivity index (χ0) is 10.3. The average molecular weight is 191 g/mol. The number of non-ortho nitro benzene ring substituents is 1. The minimum Gasteiger partial charge on any atom is -0.294 e. The molecule has 0 unspecified atom stereocenters. The molecule has 1 aliphatic rings. The number of fused-ring (bicyclic) bond motifs is 1. The Labute approximate surface area is 78.5 Å². The number of carbonyl (C=O) groups is 2. The number of nitro groups is 1. The number of ketones is 2. The van der Waals surface area contributed by atoms with Crippen molar-refractivity contribution in [2.45, 2.75) is 6.42 Å². The zero-order valence-corrected chi connectivity index (χ0v) is 7.02. The Kier molecular flexibility index (Phi) is 1.67. The summed E-state index contributed by atoms with van der Waals surface area (Å²) in [6.45, 7) is 0. The Balaban J connectivity index is 2.61. The van der Waals surface area contributed by atoms with Gasteiger partial charge in [-0.15, -0.1) is 0 Å². The molecule has 70 valence electrons. The fourth-order valence-corrected chi connectivity index (χ4v) is 1.46. The third kappa shape index (κ3) is 1.10.